The summed E-state index contributed by atoms with van der Waals surface area (Å²) in [5, 5.41) is 0.674. The van der Waals surface area contributed by atoms with Gasteiger partial charge in [-0.1, -0.05) is 30.7 Å². The van der Waals surface area contributed by atoms with Crippen LogP contribution in [0, 0.1) is 0 Å². The number of amides is 2. The first-order chi connectivity index (χ1) is 10.5. The van der Waals surface area contributed by atoms with Crippen LogP contribution in [0.15, 0.2) is 24.3 Å². The number of rotatable bonds is 5. The molecule has 1 aliphatic heterocycles. The van der Waals surface area contributed by atoms with Crippen LogP contribution in [0.25, 0.3) is 0 Å². The molecule has 1 aromatic carbocycles. The van der Waals surface area contributed by atoms with Crippen molar-refractivity contribution in [3.8, 4) is 0 Å². The smallest absolute Gasteiger partial charge is 0.245 e. The number of halogens is 1. The van der Waals surface area contributed by atoms with Gasteiger partial charge in [-0.2, -0.15) is 0 Å². The molecule has 0 unspecified atom stereocenters. The number of likely N-dealkylation sites (tertiary alicyclic amines) is 1. The molecule has 0 bridgehead atoms. The van der Waals surface area contributed by atoms with Crippen LogP contribution in [0.3, 0.4) is 0 Å². The van der Waals surface area contributed by atoms with E-state index in [1.54, 1.807) is 4.90 Å². The molecule has 2 amide bonds. The van der Waals surface area contributed by atoms with Crippen LogP contribution in [-0.4, -0.2) is 40.7 Å². The largest absolute Gasteiger partial charge is 0.337 e. The fourth-order valence-corrected chi connectivity index (χ4v) is 3.22. The van der Waals surface area contributed by atoms with E-state index in [1.807, 2.05) is 29.2 Å². The van der Waals surface area contributed by atoms with Crippen LogP contribution in [0.1, 0.15) is 38.7 Å². The van der Waals surface area contributed by atoms with Crippen molar-refractivity contribution in [2.45, 2.75) is 45.7 Å². The van der Waals surface area contributed by atoms with Gasteiger partial charge in [-0.25, -0.2) is 0 Å². The van der Waals surface area contributed by atoms with Gasteiger partial charge in [0.05, 0.1) is 0 Å². The second kappa shape index (κ2) is 7.63. The van der Waals surface area contributed by atoms with Gasteiger partial charge >= 0.3 is 0 Å². The molecule has 4 nitrogen and oxygen atoms in total. The first-order valence-electron chi connectivity index (χ1n) is 7.83. The third-order valence-corrected chi connectivity index (χ3v) is 4.25. The summed E-state index contributed by atoms with van der Waals surface area (Å²) in [6.07, 6.45) is 2.54. The molecule has 0 spiro atoms. The van der Waals surface area contributed by atoms with E-state index in [4.69, 9.17) is 11.6 Å². The summed E-state index contributed by atoms with van der Waals surface area (Å²) in [4.78, 5) is 28.1. The van der Waals surface area contributed by atoms with Gasteiger partial charge in [0.1, 0.15) is 6.04 Å². The van der Waals surface area contributed by atoms with E-state index in [9.17, 15) is 9.59 Å². The lowest BCUT2D eigenvalue weighted by Crippen LogP contribution is -2.47. The van der Waals surface area contributed by atoms with Crippen LogP contribution in [0.2, 0.25) is 5.02 Å². The molecule has 1 aliphatic rings. The SMILES string of the molecule is CCCN(Cc1cccc(Cl)c1)C(=O)[C@@H]1CCCN1C(C)=O. The van der Waals surface area contributed by atoms with E-state index >= 15 is 0 Å². The zero-order valence-electron chi connectivity index (χ0n) is 13.2. The highest BCUT2D eigenvalue weighted by Gasteiger charge is 2.34. The second-order valence-electron chi connectivity index (χ2n) is 5.76. The summed E-state index contributed by atoms with van der Waals surface area (Å²) in [6, 6.07) is 7.27. The maximum atomic E-state index is 12.8. The van der Waals surface area contributed by atoms with E-state index in [2.05, 4.69) is 6.92 Å². The van der Waals surface area contributed by atoms with Crippen LogP contribution in [0.4, 0.5) is 0 Å². The third-order valence-electron chi connectivity index (χ3n) is 4.01. The summed E-state index contributed by atoms with van der Waals surface area (Å²) in [7, 11) is 0. The predicted molar refractivity (Wildman–Crippen MR) is 87.6 cm³/mol. The van der Waals surface area contributed by atoms with E-state index < -0.39 is 0 Å². The van der Waals surface area contributed by atoms with E-state index in [0.717, 1.165) is 24.8 Å². The average molecular weight is 323 g/mol. The summed E-state index contributed by atoms with van der Waals surface area (Å²) < 4.78 is 0. The van der Waals surface area contributed by atoms with Crippen molar-refractivity contribution >= 4 is 23.4 Å². The maximum absolute atomic E-state index is 12.8. The first kappa shape index (κ1) is 16.8. The zero-order valence-corrected chi connectivity index (χ0v) is 14.0. The fourth-order valence-electron chi connectivity index (χ4n) is 3.00. The molecule has 2 rings (SSSR count). The topological polar surface area (TPSA) is 40.6 Å². The van der Waals surface area contributed by atoms with Gasteiger partial charge in [0.25, 0.3) is 0 Å². The molecule has 1 heterocycles. The monoisotopic (exact) mass is 322 g/mol. The third kappa shape index (κ3) is 4.01. The molecule has 1 fully saturated rings. The lowest BCUT2D eigenvalue weighted by atomic mass is 10.1. The average Bonchev–Trinajstić information content (AvgIpc) is 2.95. The molecular formula is C17H23ClN2O2. The Morgan fingerprint density at radius 3 is 2.82 bits per heavy atom. The van der Waals surface area contributed by atoms with Crippen molar-refractivity contribution in [2.75, 3.05) is 13.1 Å². The Balaban J connectivity index is 2.13. The van der Waals surface area contributed by atoms with Crippen molar-refractivity contribution < 1.29 is 9.59 Å². The highest BCUT2D eigenvalue weighted by atomic mass is 35.5. The Hall–Kier alpha value is -1.55. The van der Waals surface area contributed by atoms with E-state index in [-0.39, 0.29) is 17.9 Å². The van der Waals surface area contributed by atoms with Crippen LogP contribution in [0.5, 0.6) is 0 Å². The van der Waals surface area contributed by atoms with Gasteiger partial charge in [0, 0.05) is 31.6 Å². The molecule has 0 saturated carbocycles. The Bertz CT molecular complexity index is 547. The molecule has 5 heteroatoms. The molecule has 0 N–H and O–H groups in total. The van der Waals surface area contributed by atoms with Gasteiger partial charge in [-0.15, -0.1) is 0 Å². The molecule has 1 saturated heterocycles. The first-order valence-corrected chi connectivity index (χ1v) is 8.21. The summed E-state index contributed by atoms with van der Waals surface area (Å²) in [6.45, 7) is 5.49. The maximum Gasteiger partial charge on any atom is 0.245 e. The number of nitrogens with zero attached hydrogens (tertiary/aromatic N) is 2. The molecule has 120 valence electrons. The standard InChI is InChI=1S/C17H23ClN2O2/c1-3-9-19(12-14-6-4-7-15(18)11-14)17(22)16-8-5-10-20(16)13(2)21/h4,6-7,11,16H,3,5,8-10,12H2,1-2H3/t16-/m0/s1. The summed E-state index contributed by atoms with van der Waals surface area (Å²) >= 11 is 6.02. The fraction of sp³-hybridized carbons (Fsp3) is 0.529. The highest BCUT2D eigenvalue weighted by Crippen LogP contribution is 2.21. The van der Waals surface area contributed by atoms with Crippen molar-refractivity contribution in [2.24, 2.45) is 0 Å². The number of hydrogen-bond acceptors (Lipinski definition) is 2. The highest BCUT2D eigenvalue weighted by molar-refractivity contribution is 6.30. The number of hydrogen-bond donors (Lipinski definition) is 0. The van der Waals surface area contributed by atoms with Crippen LogP contribution in [-0.2, 0) is 16.1 Å². The Morgan fingerprint density at radius 1 is 1.41 bits per heavy atom. The molecule has 0 aliphatic carbocycles. The molecule has 0 aromatic heterocycles. The Morgan fingerprint density at radius 2 is 2.18 bits per heavy atom. The minimum absolute atomic E-state index is 0.0185. The van der Waals surface area contributed by atoms with Crippen molar-refractivity contribution in [1.82, 2.24) is 9.80 Å². The second-order valence-corrected chi connectivity index (χ2v) is 6.20. The summed E-state index contributed by atoms with van der Waals surface area (Å²) in [5.74, 6) is 0.0320. The van der Waals surface area contributed by atoms with E-state index in [0.29, 0.717) is 24.7 Å². The van der Waals surface area contributed by atoms with Crippen molar-refractivity contribution in [1.29, 1.82) is 0 Å². The van der Waals surface area contributed by atoms with Crippen LogP contribution < -0.4 is 0 Å². The minimum Gasteiger partial charge on any atom is -0.337 e. The number of carbonyl (C=O) groups excluding carboxylic acids is 2. The predicted octanol–water partition coefficient (Wildman–Crippen LogP) is 3.09. The minimum atomic E-state index is -0.303. The molecule has 22 heavy (non-hydrogen) atoms. The quantitative estimate of drug-likeness (QED) is 0.836. The van der Waals surface area contributed by atoms with Crippen LogP contribution >= 0.6 is 11.6 Å². The normalized spacial score (nSPS) is 17.6. The Kier molecular flexibility index (Phi) is 5.83. The molecule has 1 aromatic rings. The number of benzene rings is 1. The van der Waals surface area contributed by atoms with Crippen molar-refractivity contribution in [3.63, 3.8) is 0 Å². The lowest BCUT2D eigenvalue weighted by molar-refractivity contribution is -0.143. The molecule has 0 radical (unpaired) electrons. The summed E-state index contributed by atoms with van der Waals surface area (Å²) in [5.41, 5.74) is 1.02. The Labute approximate surface area is 137 Å². The van der Waals surface area contributed by atoms with Gasteiger partial charge in [-0.3, -0.25) is 9.59 Å². The number of carbonyl (C=O) groups is 2. The molecular weight excluding hydrogens is 300 g/mol. The van der Waals surface area contributed by atoms with Gasteiger partial charge < -0.3 is 9.80 Å². The van der Waals surface area contributed by atoms with Gasteiger partial charge in [-0.05, 0) is 37.0 Å². The van der Waals surface area contributed by atoms with Gasteiger partial charge in [0.15, 0.2) is 0 Å². The zero-order chi connectivity index (χ0) is 16.1. The lowest BCUT2D eigenvalue weighted by Gasteiger charge is -2.30. The van der Waals surface area contributed by atoms with Crippen molar-refractivity contribution in [3.05, 3.63) is 34.9 Å². The molecule has 1 atom stereocenters. The van der Waals surface area contributed by atoms with Gasteiger partial charge in [0.2, 0.25) is 11.8 Å². The van der Waals surface area contributed by atoms with E-state index in [1.165, 1.54) is 6.92 Å².